The van der Waals surface area contributed by atoms with Gasteiger partial charge in [-0.15, -0.1) is 0 Å². The monoisotopic (exact) mass is 358 g/mol. The van der Waals surface area contributed by atoms with Gasteiger partial charge in [-0.2, -0.15) is 5.10 Å². The topological polar surface area (TPSA) is 47.1 Å². The molecule has 4 nitrogen and oxygen atoms in total. The van der Waals surface area contributed by atoms with Crippen molar-refractivity contribution in [3.63, 3.8) is 0 Å². The van der Waals surface area contributed by atoms with Crippen LogP contribution in [0.3, 0.4) is 0 Å². The van der Waals surface area contributed by atoms with Crippen molar-refractivity contribution in [2.75, 3.05) is 14.2 Å². The van der Waals surface area contributed by atoms with Gasteiger partial charge in [0.05, 0.1) is 25.6 Å². The average Bonchev–Trinajstić information content (AvgIpc) is 3.04. The Labute approximate surface area is 137 Å². The summed E-state index contributed by atoms with van der Waals surface area (Å²) in [4.78, 5) is 0. The summed E-state index contributed by atoms with van der Waals surface area (Å²) >= 11 is 3.48. The maximum absolute atomic E-state index is 5.34. The van der Waals surface area contributed by atoms with Gasteiger partial charge in [-0.3, -0.25) is 5.10 Å². The number of rotatable bonds is 4. The van der Waals surface area contributed by atoms with Crippen molar-refractivity contribution in [2.45, 2.75) is 0 Å². The number of hydrogen-bond acceptors (Lipinski definition) is 3. The van der Waals surface area contributed by atoms with E-state index in [1.807, 2.05) is 48.5 Å². The predicted molar refractivity (Wildman–Crippen MR) is 90.3 cm³/mol. The molecule has 0 amide bonds. The van der Waals surface area contributed by atoms with Crippen molar-refractivity contribution in [3.05, 3.63) is 53.0 Å². The maximum Gasteiger partial charge on any atom is 0.161 e. The summed E-state index contributed by atoms with van der Waals surface area (Å²) in [6.07, 6.45) is 0. The standard InChI is InChI=1S/C17H15BrN2O2/c1-21-16-7-6-12(9-17(16)22-2)15-10-14(19-20-15)11-4-3-5-13(18)8-11/h3-10H,1-2H3,(H,19,20). The van der Waals surface area contributed by atoms with Crippen LogP contribution in [0.5, 0.6) is 11.5 Å². The molecular weight excluding hydrogens is 344 g/mol. The summed E-state index contributed by atoms with van der Waals surface area (Å²) in [5.74, 6) is 1.39. The fraction of sp³-hybridized carbons (Fsp3) is 0.118. The third-order valence-electron chi connectivity index (χ3n) is 3.39. The Morgan fingerprint density at radius 2 is 1.73 bits per heavy atom. The van der Waals surface area contributed by atoms with E-state index in [1.165, 1.54) is 0 Å². The van der Waals surface area contributed by atoms with E-state index >= 15 is 0 Å². The third kappa shape index (κ3) is 2.85. The van der Waals surface area contributed by atoms with E-state index in [1.54, 1.807) is 14.2 Å². The molecule has 0 radical (unpaired) electrons. The molecule has 0 saturated heterocycles. The molecule has 3 aromatic rings. The second-order valence-corrected chi connectivity index (χ2v) is 5.66. The lowest BCUT2D eigenvalue weighted by Crippen LogP contribution is -1.90. The Morgan fingerprint density at radius 3 is 2.45 bits per heavy atom. The van der Waals surface area contributed by atoms with Crippen LogP contribution in [-0.4, -0.2) is 24.4 Å². The van der Waals surface area contributed by atoms with E-state index in [4.69, 9.17) is 9.47 Å². The molecule has 5 heteroatoms. The summed E-state index contributed by atoms with van der Waals surface area (Å²) in [7, 11) is 3.25. The van der Waals surface area contributed by atoms with E-state index < -0.39 is 0 Å². The number of halogens is 1. The predicted octanol–water partition coefficient (Wildman–Crippen LogP) is 4.52. The average molecular weight is 359 g/mol. The highest BCUT2D eigenvalue weighted by Crippen LogP contribution is 2.33. The lowest BCUT2D eigenvalue weighted by atomic mass is 10.1. The summed E-state index contributed by atoms with van der Waals surface area (Å²) in [5, 5.41) is 7.46. The van der Waals surface area contributed by atoms with Gasteiger partial charge in [0, 0.05) is 15.6 Å². The normalized spacial score (nSPS) is 10.5. The summed E-state index contributed by atoms with van der Waals surface area (Å²) in [6, 6.07) is 15.8. The zero-order valence-electron chi connectivity index (χ0n) is 12.3. The SMILES string of the molecule is COc1ccc(-c2cc(-c3cccc(Br)c3)[nH]n2)cc1OC. The van der Waals surface area contributed by atoms with Gasteiger partial charge in [0.1, 0.15) is 0 Å². The molecule has 0 spiro atoms. The number of ether oxygens (including phenoxy) is 2. The minimum absolute atomic E-state index is 0.687. The van der Waals surface area contributed by atoms with Crippen molar-refractivity contribution in [2.24, 2.45) is 0 Å². The molecule has 0 aliphatic carbocycles. The van der Waals surface area contributed by atoms with Crippen LogP contribution in [0.15, 0.2) is 53.0 Å². The first kappa shape index (κ1) is 14.7. The van der Waals surface area contributed by atoms with Gasteiger partial charge in [-0.25, -0.2) is 0 Å². The van der Waals surface area contributed by atoms with E-state index in [-0.39, 0.29) is 0 Å². The summed E-state index contributed by atoms with van der Waals surface area (Å²) in [5.41, 5.74) is 3.87. The molecule has 0 atom stereocenters. The Balaban J connectivity index is 1.97. The Morgan fingerprint density at radius 1 is 0.909 bits per heavy atom. The van der Waals surface area contributed by atoms with Crippen LogP contribution in [0.1, 0.15) is 0 Å². The number of nitrogens with one attached hydrogen (secondary N) is 1. The second kappa shape index (κ2) is 6.23. The van der Waals surface area contributed by atoms with Crippen LogP contribution in [0, 0.1) is 0 Å². The molecule has 2 aromatic carbocycles. The number of aromatic amines is 1. The van der Waals surface area contributed by atoms with Gasteiger partial charge < -0.3 is 9.47 Å². The van der Waals surface area contributed by atoms with Gasteiger partial charge in [-0.05, 0) is 36.4 Å². The van der Waals surface area contributed by atoms with Crippen LogP contribution < -0.4 is 9.47 Å². The Kier molecular flexibility index (Phi) is 4.15. The molecule has 0 aliphatic rings. The van der Waals surface area contributed by atoms with E-state index in [0.29, 0.717) is 11.5 Å². The van der Waals surface area contributed by atoms with Gasteiger partial charge in [0.25, 0.3) is 0 Å². The minimum Gasteiger partial charge on any atom is -0.493 e. The van der Waals surface area contributed by atoms with Crippen molar-refractivity contribution in [3.8, 4) is 34.0 Å². The van der Waals surface area contributed by atoms with Crippen LogP contribution in [0.25, 0.3) is 22.5 Å². The largest absolute Gasteiger partial charge is 0.493 e. The van der Waals surface area contributed by atoms with Gasteiger partial charge in [0.2, 0.25) is 0 Å². The van der Waals surface area contributed by atoms with Crippen molar-refractivity contribution in [1.29, 1.82) is 0 Å². The summed E-state index contributed by atoms with van der Waals surface area (Å²) in [6.45, 7) is 0. The molecule has 1 aromatic heterocycles. The molecule has 1 heterocycles. The number of hydrogen-bond donors (Lipinski definition) is 1. The van der Waals surface area contributed by atoms with Crippen LogP contribution >= 0.6 is 15.9 Å². The maximum atomic E-state index is 5.34. The molecule has 22 heavy (non-hydrogen) atoms. The van der Waals surface area contributed by atoms with E-state index in [2.05, 4.69) is 26.1 Å². The summed E-state index contributed by atoms with van der Waals surface area (Å²) < 4.78 is 11.6. The van der Waals surface area contributed by atoms with E-state index in [0.717, 1.165) is 27.0 Å². The molecule has 112 valence electrons. The third-order valence-corrected chi connectivity index (χ3v) is 3.89. The number of methoxy groups -OCH3 is 2. The highest BCUT2D eigenvalue weighted by molar-refractivity contribution is 9.10. The van der Waals surface area contributed by atoms with Crippen molar-refractivity contribution in [1.82, 2.24) is 10.2 Å². The van der Waals surface area contributed by atoms with Crippen LogP contribution in [0.4, 0.5) is 0 Å². The van der Waals surface area contributed by atoms with Gasteiger partial charge >= 0.3 is 0 Å². The molecular formula is C17H15BrN2O2. The van der Waals surface area contributed by atoms with Gasteiger partial charge in [-0.1, -0.05) is 28.1 Å². The van der Waals surface area contributed by atoms with Crippen molar-refractivity contribution >= 4 is 15.9 Å². The van der Waals surface area contributed by atoms with Crippen molar-refractivity contribution < 1.29 is 9.47 Å². The first-order chi connectivity index (χ1) is 10.7. The van der Waals surface area contributed by atoms with Gasteiger partial charge in [0.15, 0.2) is 11.5 Å². The second-order valence-electron chi connectivity index (χ2n) is 4.75. The molecule has 0 aliphatic heterocycles. The molecule has 0 unspecified atom stereocenters. The van der Waals surface area contributed by atoms with E-state index in [9.17, 15) is 0 Å². The van der Waals surface area contributed by atoms with Crippen LogP contribution in [-0.2, 0) is 0 Å². The fourth-order valence-electron chi connectivity index (χ4n) is 2.27. The number of aromatic nitrogens is 2. The lowest BCUT2D eigenvalue weighted by Gasteiger charge is -2.08. The van der Waals surface area contributed by atoms with Crippen LogP contribution in [0.2, 0.25) is 0 Å². The molecule has 0 fully saturated rings. The lowest BCUT2D eigenvalue weighted by molar-refractivity contribution is 0.355. The number of nitrogens with zero attached hydrogens (tertiary/aromatic N) is 1. The first-order valence-electron chi connectivity index (χ1n) is 6.75. The Hall–Kier alpha value is -2.27. The number of benzene rings is 2. The first-order valence-corrected chi connectivity index (χ1v) is 7.54. The molecule has 0 bridgehead atoms. The molecule has 1 N–H and O–H groups in total. The fourth-order valence-corrected chi connectivity index (χ4v) is 2.67. The number of H-pyrrole nitrogens is 1. The molecule has 0 saturated carbocycles. The minimum atomic E-state index is 0.687. The smallest absolute Gasteiger partial charge is 0.161 e. The molecule has 3 rings (SSSR count). The highest BCUT2D eigenvalue weighted by atomic mass is 79.9. The highest BCUT2D eigenvalue weighted by Gasteiger charge is 2.10. The zero-order chi connectivity index (χ0) is 15.5. The zero-order valence-corrected chi connectivity index (χ0v) is 13.8. The quantitative estimate of drug-likeness (QED) is 0.745. The Bertz CT molecular complexity index is 799.